The first-order valence-electron chi connectivity index (χ1n) is 6.52. The molecule has 1 rings (SSSR count). The Balaban J connectivity index is 2.53. The molecule has 0 unspecified atom stereocenters. The minimum absolute atomic E-state index is 0.230. The van der Waals surface area contributed by atoms with E-state index in [4.69, 9.17) is 9.47 Å². The van der Waals surface area contributed by atoms with Crippen molar-refractivity contribution in [1.29, 1.82) is 0 Å². The number of rotatable bonds is 10. The van der Waals surface area contributed by atoms with Crippen molar-refractivity contribution in [1.82, 2.24) is 10.0 Å². The van der Waals surface area contributed by atoms with Crippen LogP contribution < -0.4 is 14.8 Å². The molecular formula is C13H22N2O4S. The summed E-state index contributed by atoms with van der Waals surface area (Å²) in [5.41, 5.74) is 0. The molecule has 20 heavy (non-hydrogen) atoms. The molecule has 0 heterocycles. The number of hydrogen-bond acceptors (Lipinski definition) is 5. The summed E-state index contributed by atoms with van der Waals surface area (Å²) in [7, 11) is -1.86. The Hall–Kier alpha value is -1.15. The van der Waals surface area contributed by atoms with Gasteiger partial charge >= 0.3 is 0 Å². The molecule has 1 aromatic rings. The summed E-state index contributed by atoms with van der Waals surface area (Å²) in [5.74, 6) is 0.619. The first kappa shape index (κ1) is 16.9. The average Bonchev–Trinajstić information content (AvgIpc) is 2.45. The van der Waals surface area contributed by atoms with Gasteiger partial charge in [-0.1, -0.05) is 6.92 Å². The van der Waals surface area contributed by atoms with Crippen molar-refractivity contribution in [3.8, 4) is 5.75 Å². The number of likely N-dealkylation sites (N-methyl/N-ethyl adjacent to an activating group) is 1. The van der Waals surface area contributed by atoms with Gasteiger partial charge in [0.25, 0.3) is 0 Å². The van der Waals surface area contributed by atoms with Crippen LogP contribution in [0.25, 0.3) is 0 Å². The Morgan fingerprint density at radius 3 is 2.40 bits per heavy atom. The van der Waals surface area contributed by atoms with Crippen LogP contribution in [-0.4, -0.2) is 48.4 Å². The Morgan fingerprint density at radius 1 is 1.10 bits per heavy atom. The molecule has 0 aliphatic heterocycles. The van der Waals surface area contributed by atoms with E-state index in [1.165, 1.54) is 12.1 Å². The van der Waals surface area contributed by atoms with E-state index in [9.17, 15) is 8.42 Å². The van der Waals surface area contributed by atoms with E-state index in [0.29, 0.717) is 32.1 Å². The van der Waals surface area contributed by atoms with Crippen LogP contribution in [0.3, 0.4) is 0 Å². The molecule has 0 aromatic heterocycles. The van der Waals surface area contributed by atoms with Crippen molar-refractivity contribution in [2.24, 2.45) is 0 Å². The second kappa shape index (κ2) is 8.91. The van der Waals surface area contributed by atoms with E-state index >= 15 is 0 Å². The van der Waals surface area contributed by atoms with Crippen LogP contribution in [0.2, 0.25) is 0 Å². The molecule has 0 bridgehead atoms. The fourth-order valence-corrected chi connectivity index (χ4v) is 2.52. The van der Waals surface area contributed by atoms with Crippen molar-refractivity contribution in [3.63, 3.8) is 0 Å². The fourth-order valence-electron chi connectivity index (χ4n) is 1.49. The molecule has 0 amide bonds. The number of hydrogen-bond donors (Lipinski definition) is 2. The third kappa shape index (κ3) is 5.87. The molecule has 0 radical (unpaired) electrons. The predicted octanol–water partition coefficient (Wildman–Crippen LogP) is 0.600. The van der Waals surface area contributed by atoms with Gasteiger partial charge in [0.1, 0.15) is 12.4 Å². The van der Waals surface area contributed by atoms with E-state index in [0.717, 1.165) is 6.54 Å². The third-order valence-electron chi connectivity index (χ3n) is 2.53. The smallest absolute Gasteiger partial charge is 0.240 e. The molecule has 0 fully saturated rings. The van der Waals surface area contributed by atoms with Crippen molar-refractivity contribution < 1.29 is 17.9 Å². The molecular weight excluding hydrogens is 280 g/mol. The van der Waals surface area contributed by atoms with Crippen LogP contribution in [0, 0.1) is 0 Å². The van der Waals surface area contributed by atoms with Crippen molar-refractivity contribution in [2.75, 3.05) is 40.0 Å². The van der Waals surface area contributed by atoms with Crippen LogP contribution in [0.15, 0.2) is 29.2 Å². The van der Waals surface area contributed by atoms with Gasteiger partial charge < -0.3 is 14.8 Å². The lowest BCUT2D eigenvalue weighted by Crippen LogP contribution is -2.31. The van der Waals surface area contributed by atoms with Crippen LogP contribution >= 0.6 is 0 Å². The maximum atomic E-state index is 12.0. The summed E-state index contributed by atoms with van der Waals surface area (Å²) < 4.78 is 36.7. The van der Waals surface area contributed by atoms with Gasteiger partial charge in [-0.15, -0.1) is 0 Å². The average molecular weight is 302 g/mol. The van der Waals surface area contributed by atoms with Gasteiger partial charge in [0.15, 0.2) is 0 Å². The number of ether oxygens (including phenoxy) is 2. The van der Waals surface area contributed by atoms with Gasteiger partial charge in [-0.25, -0.2) is 13.1 Å². The van der Waals surface area contributed by atoms with E-state index < -0.39 is 10.0 Å². The SMILES string of the molecule is CCNCCNS(=O)(=O)c1ccc(OCCOC)cc1. The van der Waals surface area contributed by atoms with Gasteiger partial charge in [-0.2, -0.15) is 0 Å². The molecule has 0 aliphatic rings. The molecule has 0 atom stereocenters. The molecule has 0 spiro atoms. The quantitative estimate of drug-likeness (QED) is 0.619. The van der Waals surface area contributed by atoms with Gasteiger partial charge in [0, 0.05) is 20.2 Å². The van der Waals surface area contributed by atoms with Crippen LogP contribution in [0.1, 0.15) is 6.92 Å². The topological polar surface area (TPSA) is 76.7 Å². The minimum atomic E-state index is -3.45. The maximum absolute atomic E-state index is 12.0. The minimum Gasteiger partial charge on any atom is -0.491 e. The lowest BCUT2D eigenvalue weighted by atomic mass is 10.3. The maximum Gasteiger partial charge on any atom is 0.240 e. The Morgan fingerprint density at radius 2 is 1.80 bits per heavy atom. The van der Waals surface area contributed by atoms with Gasteiger partial charge in [0.2, 0.25) is 10.0 Å². The van der Waals surface area contributed by atoms with Crippen molar-refractivity contribution in [3.05, 3.63) is 24.3 Å². The lowest BCUT2D eigenvalue weighted by molar-refractivity contribution is 0.146. The Bertz CT molecular complexity index is 474. The monoisotopic (exact) mass is 302 g/mol. The number of methoxy groups -OCH3 is 1. The summed E-state index contributed by atoms with van der Waals surface area (Å²) in [6.07, 6.45) is 0. The highest BCUT2D eigenvalue weighted by atomic mass is 32.2. The van der Waals surface area contributed by atoms with Crippen molar-refractivity contribution >= 4 is 10.0 Å². The second-order valence-corrected chi connectivity index (χ2v) is 5.83. The predicted molar refractivity (Wildman–Crippen MR) is 77.5 cm³/mol. The number of nitrogens with one attached hydrogen (secondary N) is 2. The number of benzene rings is 1. The van der Waals surface area contributed by atoms with E-state index in [1.54, 1.807) is 19.2 Å². The highest BCUT2D eigenvalue weighted by molar-refractivity contribution is 7.89. The molecule has 6 nitrogen and oxygen atoms in total. The molecule has 0 saturated carbocycles. The number of sulfonamides is 1. The standard InChI is InChI=1S/C13H22N2O4S/c1-3-14-8-9-15-20(16,17)13-6-4-12(5-7-13)19-11-10-18-2/h4-7,14-15H,3,8-11H2,1-2H3. The highest BCUT2D eigenvalue weighted by Gasteiger charge is 2.12. The molecule has 7 heteroatoms. The normalized spacial score (nSPS) is 11.5. The van der Waals surface area contributed by atoms with Crippen molar-refractivity contribution in [2.45, 2.75) is 11.8 Å². The molecule has 0 saturated heterocycles. The van der Waals surface area contributed by atoms with Crippen LogP contribution in [-0.2, 0) is 14.8 Å². The first-order chi connectivity index (χ1) is 9.60. The van der Waals surface area contributed by atoms with E-state index in [-0.39, 0.29) is 4.90 Å². The molecule has 2 N–H and O–H groups in total. The first-order valence-corrected chi connectivity index (χ1v) is 8.00. The second-order valence-electron chi connectivity index (χ2n) is 4.06. The lowest BCUT2D eigenvalue weighted by Gasteiger charge is -2.09. The highest BCUT2D eigenvalue weighted by Crippen LogP contribution is 2.15. The summed E-state index contributed by atoms with van der Waals surface area (Å²) in [5, 5.41) is 3.05. The zero-order valence-electron chi connectivity index (χ0n) is 11.9. The van der Waals surface area contributed by atoms with E-state index in [1.807, 2.05) is 6.92 Å². The van der Waals surface area contributed by atoms with Gasteiger partial charge in [-0.3, -0.25) is 0 Å². The molecule has 0 aliphatic carbocycles. The zero-order chi connectivity index (χ0) is 14.8. The largest absolute Gasteiger partial charge is 0.491 e. The van der Waals surface area contributed by atoms with E-state index in [2.05, 4.69) is 10.0 Å². The summed E-state index contributed by atoms with van der Waals surface area (Å²) in [4.78, 5) is 0.230. The summed E-state index contributed by atoms with van der Waals surface area (Å²) in [6.45, 7) is 4.68. The Labute approximate surface area is 120 Å². The Kier molecular flexibility index (Phi) is 7.53. The fraction of sp³-hybridized carbons (Fsp3) is 0.538. The van der Waals surface area contributed by atoms with Gasteiger partial charge in [-0.05, 0) is 30.8 Å². The van der Waals surface area contributed by atoms with Crippen LogP contribution in [0.4, 0.5) is 0 Å². The zero-order valence-corrected chi connectivity index (χ0v) is 12.7. The van der Waals surface area contributed by atoms with Gasteiger partial charge in [0.05, 0.1) is 11.5 Å². The molecule has 114 valence electrons. The summed E-state index contributed by atoms with van der Waals surface area (Å²) in [6, 6.07) is 6.32. The van der Waals surface area contributed by atoms with Crippen LogP contribution in [0.5, 0.6) is 5.75 Å². The molecule has 1 aromatic carbocycles. The summed E-state index contributed by atoms with van der Waals surface area (Å²) >= 11 is 0. The third-order valence-corrected chi connectivity index (χ3v) is 4.01.